The van der Waals surface area contributed by atoms with Crippen molar-refractivity contribution in [3.8, 4) is 35.7 Å². The summed E-state index contributed by atoms with van der Waals surface area (Å²) >= 11 is 0. The number of carbonyl (C=O) groups is 1. The molecule has 0 N–H and O–H groups in total. The first-order chi connectivity index (χ1) is 15.2. The Morgan fingerprint density at radius 2 is 1.18 bits per heavy atom. The van der Waals surface area contributed by atoms with Gasteiger partial charge in [0.15, 0.2) is 11.5 Å². The summed E-state index contributed by atoms with van der Waals surface area (Å²) in [6.07, 6.45) is 2.57. The quantitative estimate of drug-likeness (QED) is 0.260. The van der Waals surface area contributed by atoms with Crippen molar-refractivity contribution in [2.24, 2.45) is 0 Å². The monoisotopic (exact) mass is 523 g/mol. The van der Waals surface area contributed by atoms with Crippen molar-refractivity contribution in [2.75, 3.05) is 0 Å². The number of rotatable bonds is 3. The van der Waals surface area contributed by atoms with E-state index in [4.69, 9.17) is 14.3 Å². The molecular weight excluding hydrogens is 501 g/mol. The van der Waals surface area contributed by atoms with Crippen LogP contribution in [0.3, 0.4) is 0 Å². The van der Waals surface area contributed by atoms with Crippen LogP contribution in [-0.2, 0) is 38.6 Å². The molecule has 0 amide bonds. The summed E-state index contributed by atoms with van der Waals surface area (Å²) in [5.41, 5.74) is 3.57. The summed E-state index contributed by atoms with van der Waals surface area (Å²) in [5, 5.41) is 0. The Balaban J connectivity index is 0. The number of allylic oxidation sites excluding steroid dienone is 3. The molecule has 1 radical (unpaired) electrons. The number of benzene rings is 2. The first-order valence-electron chi connectivity index (χ1n) is 8.91. The van der Waals surface area contributed by atoms with E-state index in [1.54, 1.807) is 6.92 Å². The third-order valence-corrected chi connectivity index (χ3v) is 4.04. The third-order valence-electron chi connectivity index (χ3n) is 4.04. The van der Waals surface area contributed by atoms with E-state index in [0.29, 0.717) is 16.9 Å². The summed E-state index contributed by atoms with van der Waals surface area (Å²) in [5.74, 6) is 13.5. The van der Waals surface area contributed by atoms with E-state index in [2.05, 4.69) is 49.3 Å². The second-order valence-corrected chi connectivity index (χ2v) is 5.72. The second kappa shape index (κ2) is 17.7. The van der Waals surface area contributed by atoms with Crippen LogP contribution in [0.2, 0.25) is 0 Å². The Morgan fingerprint density at radius 3 is 1.67 bits per heavy atom. The maximum Gasteiger partial charge on any atom is 3.00 e. The Kier molecular flexibility index (Phi) is 16.7. The van der Waals surface area contributed by atoms with Crippen molar-refractivity contribution < 1.29 is 38.6 Å². The molecule has 33 heavy (non-hydrogen) atoms. The Hall–Kier alpha value is -3.97. The molecule has 0 aromatic heterocycles. The fourth-order valence-electron chi connectivity index (χ4n) is 2.87. The van der Waals surface area contributed by atoms with Crippen molar-refractivity contribution in [1.82, 2.24) is 0 Å². The second-order valence-electron chi connectivity index (χ2n) is 5.72. The van der Waals surface area contributed by atoms with E-state index in [1.807, 2.05) is 67.6 Å². The van der Waals surface area contributed by atoms with Crippen LogP contribution in [0.5, 0.6) is 0 Å². The average molecular weight is 523 g/mol. The fourth-order valence-corrected chi connectivity index (χ4v) is 2.87. The minimum Gasteiger partial charge on any atom is -0.545 e. The number of hydrogen-bond acceptors (Lipinski definition) is 4. The first-order valence-corrected chi connectivity index (χ1v) is 8.91. The molecular formula is C28H21O4Ru. The van der Waals surface area contributed by atoms with Gasteiger partial charge in [0.1, 0.15) is 6.11 Å². The SMILES string of the molecule is CC#CC#CC#COC1=C(c2ccccc2)C(=O)C(c2ccccc2)=C1C.[CH-]=O.[CH-]=O.[CH3-].[Ru+3]. The molecule has 5 heteroatoms. The molecule has 0 atom stereocenters. The van der Waals surface area contributed by atoms with Gasteiger partial charge in [-0.1, -0.05) is 66.6 Å². The van der Waals surface area contributed by atoms with E-state index < -0.39 is 0 Å². The minimum absolute atomic E-state index is 0. The third kappa shape index (κ3) is 8.23. The van der Waals surface area contributed by atoms with Crippen LogP contribution in [0, 0.1) is 43.1 Å². The van der Waals surface area contributed by atoms with Crippen molar-refractivity contribution in [3.63, 3.8) is 0 Å². The van der Waals surface area contributed by atoms with Crippen LogP contribution in [0.4, 0.5) is 0 Å². The van der Waals surface area contributed by atoms with E-state index in [0.717, 1.165) is 16.7 Å². The smallest absolute Gasteiger partial charge is 0.545 e. The molecule has 1 aliphatic carbocycles. The van der Waals surface area contributed by atoms with E-state index >= 15 is 0 Å². The van der Waals surface area contributed by atoms with Gasteiger partial charge in [0, 0.05) is 23.0 Å². The van der Waals surface area contributed by atoms with Crippen LogP contribution in [0.1, 0.15) is 25.0 Å². The van der Waals surface area contributed by atoms with Crippen molar-refractivity contribution >= 4 is 30.5 Å². The number of ketones is 1. The van der Waals surface area contributed by atoms with Crippen molar-refractivity contribution in [3.05, 3.63) is 90.5 Å². The standard InChI is InChI=1S/C25H16O2.2CHO.CH3.Ru/c1-3-4-5-6-13-18-27-25-19(2)22(20-14-9-7-10-15-20)24(26)23(25)21-16-11-8-12-17-21;2*1-2;;/h7-12,14-17H,1-2H3;2*1H;1H3;/q;3*-1;+3. The Bertz CT molecular complexity index is 1160. The van der Waals surface area contributed by atoms with Crippen LogP contribution in [0.25, 0.3) is 11.1 Å². The molecule has 0 heterocycles. The van der Waals surface area contributed by atoms with Crippen LogP contribution >= 0.6 is 0 Å². The Morgan fingerprint density at radius 1 is 0.727 bits per heavy atom. The number of carbonyl (C=O) groups excluding carboxylic acids is 3. The Labute approximate surface area is 208 Å². The topological polar surface area (TPSA) is 60.4 Å². The maximum absolute atomic E-state index is 13.2. The molecule has 0 fully saturated rings. The summed E-state index contributed by atoms with van der Waals surface area (Å²) in [4.78, 5) is 28.7. The van der Waals surface area contributed by atoms with Gasteiger partial charge in [0.25, 0.3) is 0 Å². The van der Waals surface area contributed by atoms with Gasteiger partial charge < -0.3 is 21.8 Å². The molecule has 0 unspecified atom stereocenters. The molecule has 165 valence electrons. The molecule has 2 aromatic rings. The molecule has 0 bridgehead atoms. The summed E-state index contributed by atoms with van der Waals surface area (Å²) in [6, 6.07) is 19.1. The van der Waals surface area contributed by atoms with Gasteiger partial charge in [-0.2, -0.15) is 0 Å². The normalized spacial score (nSPS) is 10.4. The van der Waals surface area contributed by atoms with Gasteiger partial charge in [0.05, 0.1) is 5.57 Å². The zero-order chi connectivity index (χ0) is 23.1. The van der Waals surface area contributed by atoms with Gasteiger partial charge in [-0.15, -0.1) is 0 Å². The number of hydrogen-bond donors (Lipinski definition) is 0. The summed E-state index contributed by atoms with van der Waals surface area (Å²) < 4.78 is 5.67. The molecule has 0 saturated heterocycles. The number of ether oxygens (including phenoxy) is 1. The molecule has 4 nitrogen and oxygen atoms in total. The molecule has 0 spiro atoms. The van der Waals surface area contributed by atoms with Gasteiger partial charge in [-0.25, -0.2) is 0 Å². The largest absolute Gasteiger partial charge is 3.00 e. The van der Waals surface area contributed by atoms with E-state index in [1.165, 1.54) is 0 Å². The predicted molar refractivity (Wildman–Crippen MR) is 127 cm³/mol. The van der Waals surface area contributed by atoms with Crippen molar-refractivity contribution in [1.29, 1.82) is 0 Å². The van der Waals surface area contributed by atoms with Crippen LogP contribution in [-0.4, -0.2) is 19.4 Å². The zero-order valence-corrected chi connectivity index (χ0v) is 20.2. The maximum atomic E-state index is 13.2. The van der Waals surface area contributed by atoms with Crippen molar-refractivity contribution in [2.45, 2.75) is 13.8 Å². The minimum atomic E-state index is -0.0652. The molecule has 0 saturated carbocycles. The number of Topliss-reactive ketones (excluding diaryl/α,β-unsaturated/α-hetero) is 1. The van der Waals surface area contributed by atoms with Gasteiger partial charge in [-0.3, -0.25) is 18.4 Å². The predicted octanol–water partition coefficient (Wildman–Crippen LogP) is 4.36. The zero-order valence-electron chi connectivity index (χ0n) is 18.4. The average Bonchev–Trinajstić information content (AvgIpc) is 3.09. The van der Waals surface area contributed by atoms with E-state index in [9.17, 15) is 4.79 Å². The fraction of sp³-hybridized carbons (Fsp3) is 0.0714. The summed E-state index contributed by atoms with van der Waals surface area (Å²) in [6.45, 7) is 10.1. The first kappa shape index (κ1) is 31.2. The van der Waals surface area contributed by atoms with Gasteiger partial charge in [0.2, 0.25) is 0 Å². The molecule has 2 aromatic carbocycles. The molecule has 3 rings (SSSR count). The van der Waals surface area contributed by atoms with Gasteiger partial charge in [-0.05, 0) is 36.8 Å². The molecule has 0 aliphatic heterocycles. The van der Waals surface area contributed by atoms with Crippen LogP contribution < -0.4 is 0 Å². The van der Waals surface area contributed by atoms with E-state index in [-0.39, 0.29) is 32.7 Å². The summed E-state index contributed by atoms with van der Waals surface area (Å²) in [7, 11) is 0. The molecule has 1 aliphatic rings. The van der Waals surface area contributed by atoms with Gasteiger partial charge >= 0.3 is 19.5 Å². The van der Waals surface area contributed by atoms with Crippen LogP contribution in [0.15, 0.2) is 72.0 Å².